The van der Waals surface area contributed by atoms with Crippen molar-refractivity contribution in [3.8, 4) is 0 Å². The Morgan fingerprint density at radius 3 is 2.31 bits per heavy atom. The molecule has 0 fully saturated rings. The van der Waals surface area contributed by atoms with Gasteiger partial charge in [0.2, 0.25) is 0 Å². The van der Waals surface area contributed by atoms with E-state index in [0.717, 1.165) is 29.8 Å². The van der Waals surface area contributed by atoms with Crippen molar-refractivity contribution in [2.45, 2.75) is 26.7 Å². The van der Waals surface area contributed by atoms with Gasteiger partial charge in [-0.15, -0.1) is 0 Å². The number of hydrogen-bond donors (Lipinski definition) is 1. The number of ether oxygens (including phenoxy) is 1. The first-order valence-corrected chi connectivity index (χ1v) is 8.78. The standard InChI is InChI=1S/C22H26N2O2/c1-16(2)9-12-20(15-21(23)17-7-5-4-6-8-17)24-19-13-10-18(11-14-19)22(25)26-3/h4-8,10-11,13-16H,9,12,23H2,1-3H3/b21-15-,24-20?. The Balaban J connectivity index is 2.28. The molecule has 0 aliphatic rings. The minimum absolute atomic E-state index is 0.353. The molecule has 136 valence electrons. The second-order valence-electron chi connectivity index (χ2n) is 6.54. The summed E-state index contributed by atoms with van der Waals surface area (Å²) >= 11 is 0. The third-order valence-corrected chi connectivity index (χ3v) is 3.97. The van der Waals surface area contributed by atoms with Crippen LogP contribution in [0.3, 0.4) is 0 Å². The minimum atomic E-state index is -0.353. The summed E-state index contributed by atoms with van der Waals surface area (Å²) in [7, 11) is 1.37. The highest BCUT2D eigenvalue weighted by molar-refractivity contribution is 6.01. The monoisotopic (exact) mass is 350 g/mol. The van der Waals surface area contributed by atoms with Gasteiger partial charge in [0.05, 0.1) is 18.4 Å². The summed E-state index contributed by atoms with van der Waals surface area (Å²) < 4.78 is 4.72. The lowest BCUT2D eigenvalue weighted by Gasteiger charge is -2.08. The molecule has 0 heterocycles. The lowest BCUT2D eigenvalue weighted by molar-refractivity contribution is 0.0601. The van der Waals surface area contributed by atoms with Gasteiger partial charge in [0.1, 0.15) is 0 Å². The highest BCUT2D eigenvalue weighted by atomic mass is 16.5. The van der Waals surface area contributed by atoms with Gasteiger partial charge in [0.15, 0.2) is 0 Å². The van der Waals surface area contributed by atoms with E-state index in [1.807, 2.05) is 48.5 Å². The molecular weight excluding hydrogens is 324 g/mol. The first-order valence-electron chi connectivity index (χ1n) is 8.78. The molecule has 0 bridgehead atoms. The van der Waals surface area contributed by atoms with Gasteiger partial charge < -0.3 is 10.5 Å². The molecule has 0 aliphatic carbocycles. The predicted molar refractivity (Wildman–Crippen MR) is 108 cm³/mol. The van der Waals surface area contributed by atoms with E-state index in [0.29, 0.717) is 17.2 Å². The van der Waals surface area contributed by atoms with E-state index in [9.17, 15) is 4.79 Å². The molecule has 0 aromatic heterocycles. The highest BCUT2D eigenvalue weighted by Crippen LogP contribution is 2.18. The molecule has 4 nitrogen and oxygen atoms in total. The van der Waals surface area contributed by atoms with Gasteiger partial charge in [-0.25, -0.2) is 4.79 Å². The number of allylic oxidation sites excluding steroid dienone is 1. The van der Waals surface area contributed by atoms with Gasteiger partial charge in [0.25, 0.3) is 0 Å². The number of nitrogens with two attached hydrogens (primary N) is 1. The van der Waals surface area contributed by atoms with Crippen LogP contribution in [0.1, 0.15) is 42.6 Å². The van der Waals surface area contributed by atoms with Gasteiger partial charge in [-0.2, -0.15) is 0 Å². The van der Waals surface area contributed by atoms with Crippen LogP contribution in [0.5, 0.6) is 0 Å². The number of esters is 1. The van der Waals surface area contributed by atoms with Crippen LogP contribution in [0.4, 0.5) is 5.69 Å². The first-order chi connectivity index (χ1) is 12.5. The van der Waals surface area contributed by atoms with E-state index in [4.69, 9.17) is 15.5 Å². The molecule has 2 rings (SSSR count). The summed E-state index contributed by atoms with van der Waals surface area (Å²) in [5.41, 5.74) is 10.1. The number of nitrogens with zero attached hydrogens (tertiary/aromatic N) is 1. The molecule has 0 amide bonds. The molecular formula is C22H26N2O2. The quantitative estimate of drug-likeness (QED) is 0.565. The van der Waals surface area contributed by atoms with Crippen molar-refractivity contribution in [2.24, 2.45) is 16.6 Å². The number of carbonyl (C=O) groups is 1. The maximum Gasteiger partial charge on any atom is 0.337 e. The Labute approximate surface area is 155 Å². The molecule has 2 aromatic carbocycles. The number of rotatable bonds is 7. The third-order valence-electron chi connectivity index (χ3n) is 3.97. The second kappa shape index (κ2) is 9.56. The molecule has 0 saturated carbocycles. The Kier molecular flexibility index (Phi) is 7.15. The lowest BCUT2D eigenvalue weighted by Crippen LogP contribution is -2.04. The summed E-state index contributed by atoms with van der Waals surface area (Å²) in [6.45, 7) is 4.38. The number of carbonyl (C=O) groups excluding carboxylic acids is 1. The average molecular weight is 350 g/mol. The lowest BCUT2D eigenvalue weighted by atomic mass is 10.0. The Hall–Kier alpha value is -2.88. The zero-order valence-corrected chi connectivity index (χ0v) is 15.6. The van der Waals surface area contributed by atoms with E-state index < -0.39 is 0 Å². The van der Waals surface area contributed by atoms with Crippen molar-refractivity contribution in [1.29, 1.82) is 0 Å². The van der Waals surface area contributed by atoms with Gasteiger partial charge >= 0.3 is 5.97 Å². The molecule has 2 N–H and O–H groups in total. The Morgan fingerprint density at radius 2 is 1.73 bits per heavy atom. The van der Waals surface area contributed by atoms with Gasteiger partial charge in [-0.3, -0.25) is 4.99 Å². The van der Waals surface area contributed by atoms with Crippen molar-refractivity contribution >= 4 is 23.1 Å². The Morgan fingerprint density at radius 1 is 1.08 bits per heavy atom. The van der Waals surface area contributed by atoms with Crippen LogP contribution in [0.15, 0.2) is 65.7 Å². The van der Waals surface area contributed by atoms with Crippen LogP contribution in [0.2, 0.25) is 0 Å². The smallest absolute Gasteiger partial charge is 0.337 e. The van der Waals surface area contributed by atoms with Crippen molar-refractivity contribution in [3.05, 3.63) is 71.8 Å². The Bertz CT molecular complexity index is 776. The molecule has 0 aliphatic heterocycles. The molecule has 4 heteroatoms. The van der Waals surface area contributed by atoms with E-state index in [1.165, 1.54) is 7.11 Å². The van der Waals surface area contributed by atoms with E-state index in [2.05, 4.69) is 13.8 Å². The normalized spacial score (nSPS) is 12.3. The van der Waals surface area contributed by atoms with Crippen molar-refractivity contribution in [2.75, 3.05) is 7.11 Å². The molecule has 0 unspecified atom stereocenters. The van der Waals surface area contributed by atoms with Gasteiger partial charge in [0, 0.05) is 11.4 Å². The van der Waals surface area contributed by atoms with Crippen LogP contribution in [0, 0.1) is 5.92 Å². The largest absolute Gasteiger partial charge is 0.465 e. The van der Waals surface area contributed by atoms with Crippen LogP contribution < -0.4 is 5.73 Å². The summed E-state index contributed by atoms with van der Waals surface area (Å²) in [4.78, 5) is 16.3. The maximum atomic E-state index is 11.5. The number of benzene rings is 2. The summed E-state index contributed by atoms with van der Waals surface area (Å²) in [5.74, 6) is 0.224. The molecule has 2 aromatic rings. The van der Waals surface area contributed by atoms with E-state index in [1.54, 1.807) is 12.1 Å². The third kappa shape index (κ3) is 5.88. The fourth-order valence-corrected chi connectivity index (χ4v) is 2.45. The number of methoxy groups -OCH3 is 1. The van der Waals surface area contributed by atoms with Gasteiger partial charge in [-0.1, -0.05) is 44.2 Å². The molecule has 0 saturated heterocycles. The summed E-state index contributed by atoms with van der Waals surface area (Å²) in [6.07, 6.45) is 3.80. The van der Waals surface area contributed by atoms with Crippen molar-refractivity contribution < 1.29 is 9.53 Å². The van der Waals surface area contributed by atoms with Crippen LogP contribution >= 0.6 is 0 Å². The average Bonchev–Trinajstić information content (AvgIpc) is 2.66. The number of hydrogen-bond acceptors (Lipinski definition) is 4. The van der Waals surface area contributed by atoms with Crippen LogP contribution in [-0.4, -0.2) is 18.8 Å². The summed E-state index contributed by atoms with van der Waals surface area (Å²) in [5, 5.41) is 0. The maximum absolute atomic E-state index is 11.5. The van der Waals surface area contributed by atoms with Crippen LogP contribution in [-0.2, 0) is 4.74 Å². The SMILES string of the molecule is COC(=O)c1ccc(N=C(/C=C(\N)c2ccccc2)CCC(C)C)cc1. The molecule has 26 heavy (non-hydrogen) atoms. The summed E-state index contributed by atoms with van der Waals surface area (Å²) in [6, 6.07) is 16.9. The zero-order chi connectivity index (χ0) is 18.9. The molecule has 0 radical (unpaired) electrons. The predicted octanol–water partition coefficient (Wildman–Crippen LogP) is 4.98. The molecule has 0 atom stereocenters. The highest BCUT2D eigenvalue weighted by Gasteiger charge is 2.06. The first kappa shape index (κ1) is 19.4. The van der Waals surface area contributed by atoms with E-state index >= 15 is 0 Å². The molecule has 0 spiro atoms. The topological polar surface area (TPSA) is 64.7 Å². The van der Waals surface area contributed by atoms with E-state index in [-0.39, 0.29) is 5.97 Å². The van der Waals surface area contributed by atoms with Crippen LogP contribution in [0.25, 0.3) is 5.70 Å². The second-order valence-corrected chi connectivity index (χ2v) is 6.54. The fourth-order valence-electron chi connectivity index (χ4n) is 2.45. The number of aliphatic imine (C=N–C) groups is 1. The van der Waals surface area contributed by atoms with Crippen molar-refractivity contribution in [1.82, 2.24) is 0 Å². The minimum Gasteiger partial charge on any atom is -0.465 e. The van der Waals surface area contributed by atoms with Crippen molar-refractivity contribution in [3.63, 3.8) is 0 Å². The van der Waals surface area contributed by atoms with Gasteiger partial charge in [-0.05, 0) is 54.7 Å². The zero-order valence-electron chi connectivity index (χ0n) is 15.6. The fraction of sp³-hybridized carbons (Fsp3) is 0.273.